The molecule has 0 saturated carbocycles. The molecule has 4 aromatic carbocycles. The number of methoxy groups -OCH3 is 2. The normalized spacial score (nSPS) is 11.9. The van der Waals surface area contributed by atoms with Crippen molar-refractivity contribution in [3.05, 3.63) is 144 Å². The third-order valence-electron chi connectivity index (χ3n) is 9.91. The molecule has 0 aliphatic carbocycles. The summed E-state index contributed by atoms with van der Waals surface area (Å²) in [5, 5.41) is 0. The lowest BCUT2D eigenvalue weighted by Gasteiger charge is -2.08. The van der Waals surface area contributed by atoms with E-state index >= 15 is 0 Å². The molecule has 0 atom stereocenters. The Kier molecular flexibility index (Phi) is 8.05. The van der Waals surface area contributed by atoms with Gasteiger partial charge >= 0.3 is 0 Å². The molecule has 2 aliphatic rings. The molecule has 0 spiro atoms. The molecule has 8 nitrogen and oxygen atoms in total. The molecule has 54 heavy (non-hydrogen) atoms. The minimum absolute atomic E-state index is 0.692. The number of H-pyrrole nitrogens is 2. The number of nitrogens with one attached hydrogen (secondary N) is 2. The number of nitrogens with two attached hydrogens (primary N) is 2. The molecule has 5 heterocycles. The molecule has 262 valence electrons. The summed E-state index contributed by atoms with van der Waals surface area (Å²) in [6.45, 7) is 0. The molecule has 7 aromatic rings. The van der Waals surface area contributed by atoms with Crippen LogP contribution < -0.4 is 20.9 Å². The zero-order chi connectivity index (χ0) is 36.8. The molecular formula is C46H36N6O2. The first-order valence-electron chi connectivity index (χ1n) is 17.6. The molecule has 0 unspecified atom stereocenters. The Labute approximate surface area is 312 Å². The topological polar surface area (TPSA) is 128 Å². The van der Waals surface area contributed by atoms with Crippen molar-refractivity contribution in [2.24, 2.45) is 0 Å². The summed E-state index contributed by atoms with van der Waals surface area (Å²) in [7, 11) is 3.35. The Morgan fingerprint density at radius 2 is 0.667 bits per heavy atom. The molecule has 0 radical (unpaired) electrons. The van der Waals surface area contributed by atoms with Gasteiger partial charge < -0.3 is 30.9 Å². The summed E-state index contributed by atoms with van der Waals surface area (Å²) in [5.74, 6) is 1.56. The van der Waals surface area contributed by atoms with Crippen molar-refractivity contribution in [3.63, 3.8) is 0 Å². The summed E-state index contributed by atoms with van der Waals surface area (Å²) in [5.41, 5.74) is 28.4. The molecular weight excluding hydrogens is 669 g/mol. The second-order valence-electron chi connectivity index (χ2n) is 13.2. The quantitative estimate of drug-likeness (QED) is 0.128. The van der Waals surface area contributed by atoms with Crippen LogP contribution in [-0.4, -0.2) is 34.2 Å². The van der Waals surface area contributed by atoms with Crippen molar-refractivity contribution >= 4 is 57.7 Å². The molecule has 8 bridgehead atoms. The van der Waals surface area contributed by atoms with E-state index in [1.165, 1.54) is 0 Å². The Morgan fingerprint density at radius 3 is 1.04 bits per heavy atom. The predicted molar refractivity (Wildman–Crippen MR) is 223 cm³/mol. The zero-order valence-electron chi connectivity index (χ0n) is 29.7. The Bertz CT molecular complexity index is 2630. The fraction of sp³-hybridized carbons (Fsp3) is 0.0435. The van der Waals surface area contributed by atoms with Gasteiger partial charge in [-0.05, 0) is 119 Å². The average Bonchev–Trinajstić information content (AvgIpc) is 4.05. The van der Waals surface area contributed by atoms with Gasteiger partial charge in [-0.1, -0.05) is 48.5 Å². The van der Waals surface area contributed by atoms with Gasteiger partial charge in [0.05, 0.1) is 37.0 Å². The highest BCUT2D eigenvalue weighted by Gasteiger charge is 2.19. The van der Waals surface area contributed by atoms with Gasteiger partial charge in [-0.25, -0.2) is 9.97 Å². The summed E-state index contributed by atoms with van der Waals surface area (Å²) in [6.07, 6.45) is 8.28. The van der Waals surface area contributed by atoms with E-state index in [4.69, 9.17) is 30.9 Å². The van der Waals surface area contributed by atoms with E-state index in [0.717, 1.165) is 101 Å². The van der Waals surface area contributed by atoms with E-state index in [-0.39, 0.29) is 0 Å². The van der Waals surface area contributed by atoms with E-state index in [1.807, 2.05) is 72.8 Å². The third kappa shape index (κ3) is 5.85. The Balaban J connectivity index is 1.45. The number of benzene rings is 4. The number of aromatic amines is 2. The maximum Gasteiger partial charge on any atom is 0.118 e. The highest BCUT2D eigenvalue weighted by Crippen LogP contribution is 2.39. The summed E-state index contributed by atoms with van der Waals surface area (Å²) in [6, 6.07) is 40.5. The molecule has 6 N–H and O–H groups in total. The number of rotatable bonds is 6. The van der Waals surface area contributed by atoms with E-state index in [2.05, 4.69) is 82.8 Å². The number of fused-ring (bicyclic) bond motifs is 8. The van der Waals surface area contributed by atoms with E-state index in [1.54, 1.807) is 14.2 Å². The first-order valence-corrected chi connectivity index (χ1v) is 17.6. The van der Waals surface area contributed by atoms with E-state index in [0.29, 0.717) is 11.4 Å². The van der Waals surface area contributed by atoms with E-state index in [9.17, 15) is 0 Å². The number of ether oxygens (including phenoxy) is 2. The van der Waals surface area contributed by atoms with Gasteiger partial charge in [0.25, 0.3) is 0 Å². The van der Waals surface area contributed by atoms with Crippen LogP contribution in [0.2, 0.25) is 0 Å². The molecule has 0 saturated heterocycles. The largest absolute Gasteiger partial charge is 0.497 e. The van der Waals surface area contributed by atoms with Crippen molar-refractivity contribution in [2.45, 2.75) is 0 Å². The van der Waals surface area contributed by atoms with Gasteiger partial charge in [-0.15, -0.1) is 0 Å². The van der Waals surface area contributed by atoms with Crippen LogP contribution in [-0.2, 0) is 0 Å². The van der Waals surface area contributed by atoms with Crippen molar-refractivity contribution in [3.8, 4) is 56.0 Å². The lowest BCUT2D eigenvalue weighted by Crippen LogP contribution is -1.92. The van der Waals surface area contributed by atoms with Gasteiger partial charge in [0.1, 0.15) is 11.5 Å². The fourth-order valence-electron chi connectivity index (χ4n) is 7.24. The van der Waals surface area contributed by atoms with Crippen LogP contribution in [0.4, 0.5) is 11.4 Å². The summed E-state index contributed by atoms with van der Waals surface area (Å²) >= 11 is 0. The highest BCUT2D eigenvalue weighted by atomic mass is 16.5. The van der Waals surface area contributed by atoms with Crippen LogP contribution in [0.3, 0.4) is 0 Å². The van der Waals surface area contributed by atoms with Crippen molar-refractivity contribution in [1.82, 2.24) is 19.9 Å². The second kappa shape index (κ2) is 13.3. The molecule has 2 aliphatic heterocycles. The Morgan fingerprint density at radius 1 is 0.370 bits per heavy atom. The van der Waals surface area contributed by atoms with Crippen LogP contribution in [0, 0.1) is 0 Å². The first-order chi connectivity index (χ1) is 26.4. The smallest absolute Gasteiger partial charge is 0.118 e. The minimum atomic E-state index is 0.692. The average molecular weight is 705 g/mol. The van der Waals surface area contributed by atoms with Crippen LogP contribution >= 0.6 is 0 Å². The van der Waals surface area contributed by atoms with Crippen LogP contribution in [0.1, 0.15) is 22.8 Å². The van der Waals surface area contributed by atoms with Gasteiger partial charge in [0.15, 0.2) is 0 Å². The van der Waals surface area contributed by atoms with E-state index < -0.39 is 0 Å². The van der Waals surface area contributed by atoms with Gasteiger partial charge in [-0.2, -0.15) is 0 Å². The van der Waals surface area contributed by atoms with Crippen LogP contribution in [0.5, 0.6) is 11.5 Å². The van der Waals surface area contributed by atoms with Crippen molar-refractivity contribution in [2.75, 3.05) is 25.7 Å². The number of hydrogen-bond donors (Lipinski definition) is 4. The maximum atomic E-state index is 6.17. The third-order valence-corrected chi connectivity index (χ3v) is 9.91. The molecule has 9 rings (SSSR count). The minimum Gasteiger partial charge on any atom is -0.497 e. The van der Waals surface area contributed by atoms with Gasteiger partial charge in [-0.3, -0.25) is 0 Å². The van der Waals surface area contributed by atoms with Crippen LogP contribution in [0.15, 0.2) is 121 Å². The van der Waals surface area contributed by atoms with Gasteiger partial charge in [0.2, 0.25) is 0 Å². The maximum absolute atomic E-state index is 6.17. The number of aromatic nitrogens is 4. The van der Waals surface area contributed by atoms with Gasteiger partial charge in [0, 0.05) is 55.7 Å². The predicted octanol–water partition coefficient (Wildman–Crippen LogP) is 10.5. The zero-order valence-corrected chi connectivity index (χ0v) is 29.7. The molecule has 8 heteroatoms. The molecule has 0 fully saturated rings. The first kappa shape index (κ1) is 32.6. The standard InChI is InChI=1S/C46H36N6O2/c1-53-33-15-7-29(8-16-33)45-39-23-19-35(49-39)43(27-3-11-31(47)12-4-27)37-21-25-41(51-37)46(30-9-17-34(54-2)18-10-30)42-26-22-38(52-42)44(36-20-24-40(45)50-36)28-5-13-32(48)14-6-28/h3-26,49-50H,47-48H2,1-2H3. The number of anilines is 2. The van der Waals surface area contributed by atoms with Crippen molar-refractivity contribution < 1.29 is 9.47 Å². The fourth-order valence-corrected chi connectivity index (χ4v) is 7.24. The number of nitrogen functional groups attached to an aromatic ring is 2. The summed E-state index contributed by atoms with van der Waals surface area (Å²) < 4.78 is 11.0. The van der Waals surface area contributed by atoms with Crippen molar-refractivity contribution in [1.29, 1.82) is 0 Å². The lowest BCUT2D eigenvalue weighted by molar-refractivity contribution is 0.415. The summed E-state index contributed by atoms with van der Waals surface area (Å²) in [4.78, 5) is 18.3. The Hall–Kier alpha value is -7.32. The second-order valence-corrected chi connectivity index (χ2v) is 13.2. The molecule has 0 amide bonds. The molecule has 3 aromatic heterocycles. The van der Waals surface area contributed by atoms with Crippen LogP contribution in [0.25, 0.3) is 90.9 Å². The number of nitrogens with zero attached hydrogens (tertiary/aromatic N) is 2. The lowest BCUT2D eigenvalue weighted by atomic mass is 10.0. The highest BCUT2D eigenvalue weighted by molar-refractivity contribution is 6.00. The SMILES string of the molecule is COc1ccc(-c2c3nc(c(-c4ccc(N)cc4)c4ccc([nH]4)c(-c4ccc(OC)cc4)c4ccc([nH]4)c(-c4ccc(N)cc4)c4nc2C=C4)C=C3)cc1. The monoisotopic (exact) mass is 704 g/mol. The number of hydrogen-bond acceptors (Lipinski definition) is 6.